The van der Waals surface area contributed by atoms with Crippen LogP contribution >= 0.6 is 23.2 Å². The molecular formula is C17H14Cl2N2O2. The summed E-state index contributed by atoms with van der Waals surface area (Å²) in [5.74, 6) is 0.294. The minimum Gasteiger partial charge on any atom is -0.465 e. The lowest BCUT2D eigenvalue weighted by Gasteiger charge is -2.10. The Morgan fingerprint density at radius 2 is 2.00 bits per heavy atom. The molecule has 0 saturated carbocycles. The van der Waals surface area contributed by atoms with Crippen molar-refractivity contribution in [2.45, 2.75) is 13.5 Å². The maximum absolute atomic E-state index is 12.0. The Hall–Kier alpha value is -2.04. The van der Waals surface area contributed by atoms with Crippen molar-refractivity contribution in [3.05, 3.63) is 52.5 Å². The van der Waals surface area contributed by atoms with Crippen LogP contribution < -0.4 is 0 Å². The Balaban J connectivity index is 2.17. The third-order valence-electron chi connectivity index (χ3n) is 3.42. The number of imidazole rings is 1. The predicted molar refractivity (Wildman–Crippen MR) is 91.8 cm³/mol. The van der Waals surface area contributed by atoms with Crippen LogP contribution in [0.3, 0.4) is 0 Å². The van der Waals surface area contributed by atoms with Crippen molar-refractivity contribution in [1.29, 1.82) is 0 Å². The Kier molecular flexibility index (Phi) is 4.55. The molecule has 4 nitrogen and oxygen atoms in total. The maximum Gasteiger partial charge on any atom is 0.326 e. The maximum atomic E-state index is 12.0. The molecular weight excluding hydrogens is 335 g/mol. The van der Waals surface area contributed by atoms with Crippen LogP contribution in [0.4, 0.5) is 0 Å². The molecule has 0 radical (unpaired) electrons. The van der Waals surface area contributed by atoms with Gasteiger partial charge < -0.3 is 9.30 Å². The van der Waals surface area contributed by atoms with E-state index in [1.165, 1.54) is 0 Å². The third kappa shape index (κ3) is 3.19. The van der Waals surface area contributed by atoms with E-state index >= 15 is 0 Å². The number of fused-ring (bicyclic) bond motifs is 1. The van der Waals surface area contributed by atoms with Crippen LogP contribution in [-0.2, 0) is 16.1 Å². The van der Waals surface area contributed by atoms with E-state index in [2.05, 4.69) is 4.98 Å². The number of rotatable bonds is 4. The van der Waals surface area contributed by atoms with E-state index < -0.39 is 0 Å². The highest BCUT2D eigenvalue weighted by Crippen LogP contribution is 2.32. The van der Waals surface area contributed by atoms with Crippen molar-refractivity contribution >= 4 is 40.2 Å². The summed E-state index contributed by atoms with van der Waals surface area (Å²) in [6, 6.07) is 12.8. The van der Waals surface area contributed by atoms with Gasteiger partial charge in [-0.2, -0.15) is 0 Å². The van der Waals surface area contributed by atoms with Crippen LogP contribution in [0.15, 0.2) is 42.5 Å². The van der Waals surface area contributed by atoms with Crippen LogP contribution in [0.5, 0.6) is 0 Å². The molecule has 0 fully saturated rings. The summed E-state index contributed by atoms with van der Waals surface area (Å²) >= 11 is 12.3. The van der Waals surface area contributed by atoms with Gasteiger partial charge in [-0.15, -0.1) is 0 Å². The Morgan fingerprint density at radius 1 is 1.22 bits per heavy atom. The van der Waals surface area contributed by atoms with Gasteiger partial charge in [-0.05, 0) is 37.3 Å². The highest BCUT2D eigenvalue weighted by Gasteiger charge is 2.17. The average Bonchev–Trinajstić information content (AvgIpc) is 2.86. The molecule has 0 unspecified atom stereocenters. The molecule has 0 aliphatic rings. The number of ether oxygens (including phenoxy) is 1. The fourth-order valence-corrected chi connectivity index (χ4v) is 2.94. The van der Waals surface area contributed by atoms with Gasteiger partial charge in [0.2, 0.25) is 0 Å². The Bertz CT molecular complexity index is 874. The number of para-hydroxylation sites is 2. The van der Waals surface area contributed by atoms with Crippen molar-refractivity contribution in [1.82, 2.24) is 9.55 Å². The quantitative estimate of drug-likeness (QED) is 0.648. The average molecular weight is 349 g/mol. The van der Waals surface area contributed by atoms with Crippen molar-refractivity contribution in [2.24, 2.45) is 0 Å². The van der Waals surface area contributed by atoms with E-state index in [0.717, 1.165) is 16.6 Å². The summed E-state index contributed by atoms with van der Waals surface area (Å²) in [4.78, 5) is 16.6. The number of carbonyl (C=O) groups excluding carboxylic acids is 1. The standard InChI is InChI=1S/C17H14Cl2N2O2/c1-2-23-16(22)10-21-15-6-4-3-5-14(15)20-17(21)12-8-7-11(18)9-13(12)19/h3-9H,2,10H2,1H3. The van der Waals surface area contributed by atoms with Gasteiger partial charge >= 0.3 is 5.97 Å². The number of aromatic nitrogens is 2. The first-order chi connectivity index (χ1) is 11.1. The SMILES string of the molecule is CCOC(=O)Cn1c(-c2ccc(Cl)cc2Cl)nc2ccccc21. The topological polar surface area (TPSA) is 44.1 Å². The monoisotopic (exact) mass is 348 g/mol. The molecule has 6 heteroatoms. The molecule has 3 aromatic rings. The fourth-order valence-electron chi connectivity index (χ4n) is 2.45. The van der Waals surface area contributed by atoms with Crippen LogP contribution in [0.2, 0.25) is 10.0 Å². The van der Waals surface area contributed by atoms with Crippen molar-refractivity contribution in [3.8, 4) is 11.4 Å². The highest BCUT2D eigenvalue weighted by molar-refractivity contribution is 6.36. The second kappa shape index (κ2) is 6.60. The molecule has 0 bridgehead atoms. The summed E-state index contributed by atoms with van der Waals surface area (Å²) in [5.41, 5.74) is 2.36. The Morgan fingerprint density at radius 3 is 2.74 bits per heavy atom. The molecule has 23 heavy (non-hydrogen) atoms. The zero-order valence-electron chi connectivity index (χ0n) is 12.4. The lowest BCUT2D eigenvalue weighted by Crippen LogP contribution is -2.14. The lowest BCUT2D eigenvalue weighted by molar-refractivity contribution is -0.143. The lowest BCUT2D eigenvalue weighted by atomic mass is 10.2. The summed E-state index contributed by atoms with van der Waals surface area (Å²) in [6.45, 7) is 2.19. The smallest absolute Gasteiger partial charge is 0.326 e. The summed E-state index contributed by atoms with van der Waals surface area (Å²) in [6.07, 6.45) is 0. The van der Waals surface area contributed by atoms with Crippen LogP contribution in [0, 0.1) is 0 Å². The Labute approximate surface area is 143 Å². The molecule has 0 saturated heterocycles. The zero-order chi connectivity index (χ0) is 16.4. The predicted octanol–water partition coefficient (Wildman–Crippen LogP) is 4.57. The van der Waals surface area contributed by atoms with E-state index in [1.807, 2.05) is 28.8 Å². The molecule has 0 aliphatic carbocycles. The first-order valence-corrected chi connectivity index (χ1v) is 7.92. The van der Waals surface area contributed by atoms with Gasteiger partial charge in [0.1, 0.15) is 12.4 Å². The minimum absolute atomic E-state index is 0.0721. The van der Waals surface area contributed by atoms with E-state index in [9.17, 15) is 4.79 Å². The zero-order valence-corrected chi connectivity index (χ0v) is 13.9. The second-order valence-electron chi connectivity index (χ2n) is 4.94. The molecule has 0 aliphatic heterocycles. The number of esters is 1. The van der Waals surface area contributed by atoms with Crippen LogP contribution in [0.1, 0.15) is 6.92 Å². The van der Waals surface area contributed by atoms with E-state index in [0.29, 0.717) is 22.5 Å². The van der Waals surface area contributed by atoms with Gasteiger partial charge in [0, 0.05) is 10.6 Å². The number of hydrogen-bond acceptors (Lipinski definition) is 3. The molecule has 0 N–H and O–H groups in total. The van der Waals surface area contributed by atoms with Gasteiger partial charge in [0.05, 0.1) is 22.7 Å². The molecule has 1 aromatic heterocycles. The molecule has 0 spiro atoms. The minimum atomic E-state index is -0.318. The summed E-state index contributed by atoms with van der Waals surface area (Å²) in [7, 11) is 0. The number of halogens is 2. The first kappa shape index (κ1) is 15.8. The number of nitrogens with zero attached hydrogens (tertiary/aromatic N) is 2. The molecule has 1 heterocycles. The molecule has 0 atom stereocenters. The van der Waals surface area contributed by atoms with E-state index in [1.54, 1.807) is 25.1 Å². The fraction of sp³-hybridized carbons (Fsp3) is 0.176. The number of benzene rings is 2. The van der Waals surface area contributed by atoms with Crippen LogP contribution in [-0.4, -0.2) is 22.1 Å². The van der Waals surface area contributed by atoms with Crippen molar-refractivity contribution < 1.29 is 9.53 Å². The summed E-state index contributed by atoms with van der Waals surface area (Å²) < 4.78 is 6.87. The summed E-state index contributed by atoms with van der Waals surface area (Å²) in [5, 5.41) is 1.03. The van der Waals surface area contributed by atoms with Gasteiger partial charge in [0.15, 0.2) is 0 Å². The molecule has 3 rings (SSSR count). The van der Waals surface area contributed by atoms with Gasteiger partial charge in [0.25, 0.3) is 0 Å². The number of carbonyl (C=O) groups is 1. The van der Waals surface area contributed by atoms with Gasteiger partial charge in [-0.3, -0.25) is 4.79 Å². The third-order valence-corrected chi connectivity index (χ3v) is 3.97. The first-order valence-electron chi connectivity index (χ1n) is 7.16. The van der Waals surface area contributed by atoms with Crippen LogP contribution in [0.25, 0.3) is 22.4 Å². The van der Waals surface area contributed by atoms with Gasteiger partial charge in [-0.25, -0.2) is 4.98 Å². The molecule has 2 aromatic carbocycles. The molecule has 118 valence electrons. The highest BCUT2D eigenvalue weighted by atomic mass is 35.5. The normalized spacial score (nSPS) is 10.9. The van der Waals surface area contributed by atoms with E-state index in [4.69, 9.17) is 27.9 Å². The number of hydrogen-bond donors (Lipinski definition) is 0. The van der Waals surface area contributed by atoms with Gasteiger partial charge in [-0.1, -0.05) is 35.3 Å². The second-order valence-corrected chi connectivity index (χ2v) is 5.78. The van der Waals surface area contributed by atoms with Crippen molar-refractivity contribution in [3.63, 3.8) is 0 Å². The molecule has 0 amide bonds. The van der Waals surface area contributed by atoms with Crippen molar-refractivity contribution in [2.75, 3.05) is 6.61 Å². The largest absolute Gasteiger partial charge is 0.465 e. The van der Waals surface area contributed by atoms with E-state index in [-0.39, 0.29) is 12.5 Å².